The molecule has 0 aromatic heterocycles. The van der Waals surface area contributed by atoms with Gasteiger partial charge in [-0.05, 0) is 19.1 Å². The summed E-state index contributed by atoms with van der Waals surface area (Å²) in [4.78, 5) is 4.29. The van der Waals surface area contributed by atoms with Crippen LogP contribution in [0.2, 0.25) is 0 Å². The van der Waals surface area contributed by atoms with Gasteiger partial charge in [-0.15, -0.1) is 24.0 Å². The topological polar surface area (TPSA) is 73.3 Å². The van der Waals surface area contributed by atoms with Gasteiger partial charge in [-0.25, -0.2) is 0 Å². The molecule has 0 bridgehead atoms. The highest BCUT2D eigenvalue weighted by molar-refractivity contribution is 14.0. The van der Waals surface area contributed by atoms with Crippen LogP contribution in [0.5, 0.6) is 11.5 Å². The number of benzene rings is 1. The molecule has 1 aliphatic rings. The first-order valence-corrected chi connectivity index (χ1v) is 8.58. The van der Waals surface area contributed by atoms with Crippen LogP contribution < -0.4 is 20.1 Å². The zero-order chi connectivity index (χ0) is 18.1. The number of hydrogen-bond donors (Lipinski definition) is 2. The summed E-state index contributed by atoms with van der Waals surface area (Å²) >= 11 is 0. The Morgan fingerprint density at radius 2 is 1.96 bits per heavy atom. The molecule has 7 nitrogen and oxygen atoms in total. The van der Waals surface area contributed by atoms with Gasteiger partial charge < -0.3 is 29.6 Å². The van der Waals surface area contributed by atoms with Gasteiger partial charge in [0.05, 0.1) is 19.3 Å². The van der Waals surface area contributed by atoms with Crippen molar-refractivity contribution >= 4 is 35.6 Å². The second-order valence-corrected chi connectivity index (χ2v) is 5.85. The van der Waals surface area contributed by atoms with E-state index in [1.54, 1.807) is 21.3 Å². The van der Waals surface area contributed by atoms with Crippen molar-refractivity contribution in [3.63, 3.8) is 0 Å². The number of nitrogens with one attached hydrogen (secondary N) is 2. The molecule has 1 aromatic carbocycles. The predicted octanol–water partition coefficient (Wildman–Crippen LogP) is 2.89. The third-order valence-electron chi connectivity index (χ3n) is 4.36. The van der Waals surface area contributed by atoms with E-state index in [0.717, 1.165) is 31.7 Å². The van der Waals surface area contributed by atoms with Gasteiger partial charge in [0.1, 0.15) is 0 Å². The fourth-order valence-corrected chi connectivity index (χ4v) is 2.78. The maximum absolute atomic E-state index is 5.74. The van der Waals surface area contributed by atoms with Crippen LogP contribution in [-0.2, 0) is 9.47 Å². The van der Waals surface area contributed by atoms with E-state index in [1.165, 1.54) is 0 Å². The highest BCUT2D eigenvalue weighted by Gasteiger charge is 2.32. The molecule has 26 heavy (non-hydrogen) atoms. The first kappa shape index (κ1) is 22.8. The molecule has 1 heterocycles. The molecule has 0 amide bonds. The van der Waals surface area contributed by atoms with Gasteiger partial charge >= 0.3 is 0 Å². The average molecular weight is 479 g/mol. The van der Waals surface area contributed by atoms with Crippen molar-refractivity contribution < 1.29 is 18.9 Å². The van der Waals surface area contributed by atoms with Gasteiger partial charge in [-0.1, -0.05) is 0 Å². The molecule has 1 fully saturated rings. The monoisotopic (exact) mass is 479 g/mol. The van der Waals surface area contributed by atoms with Crippen molar-refractivity contribution in [2.75, 3.05) is 52.9 Å². The number of anilines is 1. The van der Waals surface area contributed by atoms with Crippen molar-refractivity contribution in [1.82, 2.24) is 5.32 Å². The lowest BCUT2D eigenvalue weighted by molar-refractivity contribution is -0.0854. The molecule has 0 radical (unpaired) electrons. The van der Waals surface area contributed by atoms with E-state index in [-0.39, 0.29) is 29.6 Å². The van der Waals surface area contributed by atoms with E-state index in [2.05, 4.69) is 15.6 Å². The van der Waals surface area contributed by atoms with Gasteiger partial charge in [-0.3, -0.25) is 4.99 Å². The second-order valence-electron chi connectivity index (χ2n) is 5.85. The van der Waals surface area contributed by atoms with Crippen LogP contribution in [0.15, 0.2) is 23.2 Å². The van der Waals surface area contributed by atoms with Crippen molar-refractivity contribution in [2.45, 2.75) is 25.4 Å². The molecule has 2 rings (SSSR count). The highest BCUT2D eigenvalue weighted by atomic mass is 127. The predicted molar refractivity (Wildman–Crippen MR) is 114 cm³/mol. The maximum Gasteiger partial charge on any atom is 0.195 e. The maximum atomic E-state index is 5.74. The fourth-order valence-electron chi connectivity index (χ4n) is 2.78. The number of halogens is 1. The molecule has 0 saturated carbocycles. The minimum Gasteiger partial charge on any atom is -0.493 e. The summed E-state index contributed by atoms with van der Waals surface area (Å²) < 4.78 is 22.1. The highest BCUT2D eigenvalue weighted by Crippen LogP contribution is 2.30. The largest absolute Gasteiger partial charge is 0.493 e. The second kappa shape index (κ2) is 11.5. The molecule has 1 aromatic rings. The Kier molecular flexibility index (Phi) is 10.0. The molecule has 148 valence electrons. The van der Waals surface area contributed by atoms with Crippen molar-refractivity contribution in [1.29, 1.82) is 0 Å². The third-order valence-corrected chi connectivity index (χ3v) is 4.36. The summed E-state index contributed by atoms with van der Waals surface area (Å²) in [6.07, 6.45) is 1.73. The molecule has 1 aliphatic heterocycles. The summed E-state index contributed by atoms with van der Waals surface area (Å²) in [5.74, 6) is 2.08. The van der Waals surface area contributed by atoms with E-state index >= 15 is 0 Å². The zero-order valence-corrected chi connectivity index (χ0v) is 18.3. The standard InChI is InChI=1S/C18H29N3O4.HI/c1-5-25-16-12-14(6-7-15(16)22-3)21-17(19-2)20-13-18(23-4)8-10-24-11-9-18;/h6-7,12H,5,8-11,13H2,1-4H3,(H2,19,20,21);1H. The number of guanidine groups is 1. The smallest absolute Gasteiger partial charge is 0.195 e. The van der Waals surface area contributed by atoms with E-state index in [0.29, 0.717) is 30.6 Å². The third kappa shape index (κ3) is 6.17. The van der Waals surface area contributed by atoms with Crippen LogP contribution in [0.25, 0.3) is 0 Å². The number of hydrogen-bond acceptors (Lipinski definition) is 5. The molecule has 2 N–H and O–H groups in total. The quantitative estimate of drug-likeness (QED) is 0.356. The molecule has 0 aliphatic carbocycles. The molecule has 0 atom stereocenters. The van der Waals surface area contributed by atoms with Crippen molar-refractivity contribution in [3.05, 3.63) is 18.2 Å². The van der Waals surface area contributed by atoms with E-state index < -0.39 is 0 Å². The fraction of sp³-hybridized carbons (Fsp3) is 0.611. The van der Waals surface area contributed by atoms with Crippen LogP contribution in [0.4, 0.5) is 5.69 Å². The number of aliphatic imine (C=N–C) groups is 1. The minimum atomic E-state index is -0.216. The van der Waals surface area contributed by atoms with Crippen LogP contribution >= 0.6 is 24.0 Å². The Morgan fingerprint density at radius 3 is 2.54 bits per heavy atom. The molecular formula is C18H30IN3O4. The number of ether oxygens (including phenoxy) is 4. The Labute approximate surface area is 172 Å². The van der Waals surface area contributed by atoms with Gasteiger partial charge in [-0.2, -0.15) is 0 Å². The van der Waals surface area contributed by atoms with Crippen LogP contribution in [0, 0.1) is 0 Å². The first-order valence-electron chi connectivity index (χ1n) is 8.58. The SMILES string of the molecule is CCOc1cc(NC(=NC)NCC2(OC)CCOCC2)ccc1OC.I. The lowest BCUT2D eigenvalue weighted by Crippen LogP contribution is -2.49. The zero-order valence-electron chi connectivity index (χ0n) is 16.0. The number of methoxy groups -OCH3 is 2. The van der Waals surface area contributed by atoms with Gasteiger partial charge in [0.2, 0.25) is 0 Å². The number of rotatable bonds is 7. The molecular weight excluding hydrogens is 449 g/mol. The van der Waals surface area contributed by atoms with Gasteiger partial charge in [0, 0.05) is 58.5 Å². The van der Waals surface area contributed by atoms with Crippen molar-refractivity contribution in [3.8, 4) is 11.5 Å². The summed E-state index contributed by atoms with van der Waals surface area (Å²) in [5.41, 5.74) is 0.655. The van der Waals surface area contributed by atoms with E-state index in [4.69, 9.17) is 18.9 Å². The Bertz CT molecular complexity index is 578. The number of nitrogens with zero attached hydrogens (tertiary/aromatic N) is 1. The molecule has 0 unspecified atom stereocenters. The van der Waals surface area contributed by atoms with E-state index in [1.807, 2.05) is 25.1 Å². The Morgan fingerprint density at radius 1 is 1.23 bits per heavy atom. The summed E-state index contributed by atoms with van der Waals surface area (Å²) in [7, 11) is 5.12. The molecule has 8 heteroatoms. The van der Waals surface area contributed by atoms with Gasteiger partial charge in [0.25, 0.3) is 0 Å². The summed E-state index contributed by atoms with van der Waals surface area (Å²) in [6.45, 7) is 4.62. The van der Waals surface area contributed by atoms with Crippen molar-refractivity contribution in [2.24, 2.45) is 4.99 Å². The summed E-state index contributed by atoms with van der Waals surface area (Å²) in [5, 5.41) is 6.62. The molecule has 0 spiro atoms. The lowest BCUT2D eigenvalue weighted by atomic mass is 9.94. The first-order chi connectivity index (χ1) is 12.2. The van der Waals surface area contributed by atoms with E-state index in [9.17, 15) is 0 Å². The summed E-state index contributed by atoms with van der Waals surface area (Å²) in [6, 6.07) is 5.69. The van der Waals surface area contributed by atoms with Crippen LogP contribution in [-0.4, -0.2) is 59.2 Å². The minimum absolute atomic E-state index is 0. The van der Waals surface area contributed by atoms with Crippen LogP contribution in [0.3, 0.4) is 0 Å². The lowest BCUT2D eigenvalue weighted by Gasteiger charge is -2.36. The average Bonchev–Trinajstić information content (AvgIpc) is 2.66. The molecule has 1 saturated heterocycles. The van der Waals surface area contributed by atoms with Crippen LogP contribution in [0.1, 0.15) is 19.8 Å². The Hall–Kier alpha value is -1.26. The Balaban J connectivity index is 0.00000338. The van der Waals surface area contributed by atoms with Gasteiger partial charge in [0.15, 0.2) is 17.5 Å². The normalized spacial score (nSPS) is 16.4.